The Labute approximate surface area is 292 Å². The van der Waals surface area contributed by atoms with Crippen LogP contribution in [0.4, 0.5) is 0 Å². The maximum Gasteiger partial charge on any atom is 0.306 e. The molecule has 10 heteroatoms. The first-order valence-electron chi connectivity index (χ1n) is 19.2. The molecule has 0 aliphatic carbocycles. The Hall–Kier alpha value is -0.600. The lowest BCUT2D eigenvalue weighted by Gasteiger charge is -2.25. The topological polar surface area (TPSA) is 111 Å². The van der Waals surface area contributed by atoms with Crippen LogP contribution in [-0.4, -0.2) is 56.1 Å². The predicted octanol–water partition coefficient (Wildman–Crippen LogP) is 10.0. The number of rotatable bonds is 36. The third kappa shape index (κ3) is 35.0. The molecule has 0 amide bonds. The van der Waals surface area contributed by atoms with Crippen LogP contribution in [0, 0.1) is 0 Å². The van der Waals surface area contributed by atoms with Crippen molar-refractivity contribution in [3.8, 4) is 0 Å². The molecule has 0 aromatic heterocycles. The van der Waals surface area contributed by atoms with E-state index >= 15 is 0 Å². The Kier molecular flexibility index (Phi) is 33.4. The van der Waals surface area contributed by atoms with Crippen LogP contribution in [0.25, 0.3) is 0 Å². The van der Waals surface area contributed by atoms with Crippen molar-refractivity contribution in [3.63, 3.8) is 0 Å². The zero-order chi connectivity index (χ0) is 34.9. The summed E-state index contributed by atoms with van der Waals surface area (Å²) in [5, 5.41) is 0. The second kappa shape index (κ2) is 33.9. The fraction of sp³-hybridized carbons (Fsp3) is 0.946. The summed E-state index contributed by atoms with van der Waals surface area (Å²) in [6, 6.07) is 0. The minimum absolute atomic E-state index is 0.0353. The van der Waals surface area contributed by atoms with Gasteiger partial charge in [-0.2, -0.15) is 0 Å². The average Bonchev–Trinajstić information content (AvgIpc) is 3.03. The molecule has 0 saturated carbocycles. The van der Waals surface area contributed by atoms with Gasteiger partial charge < -0.3 is 23.4 Å². The van der Waals surface area contributed by atoms with Crippen LogP contribution >= 0.6 is 7.82 Å². The molecular weight excluding hydrogens is 635 g/mol. The maximum absolute atomic E-state index is 12.6. The molecule has 0 radical (unpaired) electrons. The number of phosphoric ester groups is 1. The molecule has 0 fully saturated rings. The van der Waals surface area contributed by atoms with Gasteiger partial charge in [-0.1, -0.05) is 155 Å². The van der Waals surface area contributed by atoms with Gasteiger partial charge in [0.05, 0.1) is 25.7 Å². The van der Waals surface area contributed by atoms with E-state index in [-0.39, 0.29) is 42.9 Å². The van der Waals surface area contributed by atoms with Gasteiger partial charge in [-0.3, -0.25) is 14.2 Å². The third-order valence-electron chi connectivity index (χ3n) is 8.36. The summed E-state index contributed by atoms with van der Waals surface area (Å²) in [7, 11) is -4.53. The van der Waals surface area contributed by atoms with Gasteiger partial charge in [0, 0.05) is 12.8 Å². The van der Waals surface area contributed by atoms with Gasteiger partial charge in [0.1, 0.15) is 12.4 Å². The smallest absolute Gasteiger partial charge is 0.306 e. The summed E-state index contributed by atoms with van der Waals surface area (Å²) in [4.78, 5) is 37.1. The number of esters is 2. The molecule has 0 N–H and O–H groups in total. The van der Waals surface area contributed by atoms with Crippen molar-refractivity contribution in [2.75, 3.05) is 38.1 Å². The molecule has 0 bridgehead atoms. The van der Waals surface area contributed by atoms with Gasteiger partial charge in [-0.25, -0.2) is 0 Å². The molecule has 280 valence electrons. The Morgan fingerprint density at radius 3 is 1.36 bits per heavy atom. The Morgan fingerprint density at radius 1 is 0.574 bits per heavy atom. The van der Waals surface area contributed by atoms with Gasteiger partial charge in [-0.15, -0.1) is 0 Å². The molecule has 1 unspecified atom stereocenters. The lowest BCUT2D eigenvalue weighted by atomic mass is 10.0. The molecule has 0 aromatic carbocycles. The molecule has 8 nitrogen and oxygen atoms in total. The maximum atomic E-state index is 12.6. The average molecular weight is 709 g/mol. The molecule has 2 atom stereocenters. The summed E-state index contributed by atoms with van der Waals surface area (Å²) < 4.78 is 33.0. The van der Waals surface area contributed by atoms with Gasteiger partial charge in [0.15, 0.2) is 6.10 Å². The molecule has 0 aromatic rings. The molecule has 0 aliphatic heterocycles. The van der Waals surface area contributed by atoms with Crippen LogP contribution in [0.2, 0.25) is 0 Å². The largest absolute Gasteiger partial charge is 0.756 e. The first-order chi connectivity index (χ1) is 22.7. The SMILES string of the molecule is CCCCCCCCCCCCCCCC(=O)O[C@H](COC(=O)CCCCCCCCCCCCC)COP(=O)([O-])OCC[S+](C)C. The van der Waals surface area contributed by atoms with Gasteiger partial charge in [0.2, 0.25) is 0 Å². The molecule has 0 heterocycles. The fourth-order valence-corrected chi connectivity index (χ4v) is 6.65. The van der Waals surface area contributed by atoms with Crippen molar-refractivity contribution in [1.82, 2.24) is 0 Å². The number of phosphoric acid groups is 1. The van der Waals surface area contributed by atoms with E-state index in [9.17, 15) is 19.0 Å². The zero-order valence-electron chi connectivity index (χ0n) is 30.9. The van der Waals surface area contributed by atoms with Crippen LogP contribution in [-0.2, 0) is 43.6 Å². The van der Waals surface area contributed by atoms with Crippen LogP contribution in [0.5, 0.6) is 0 Å². The lowest BCUT2D eigenvalue weighted by molar-refractivity contribution is -0.227. The van der Waals surface area contributed by atoms with Crippen molar-refractivity contribution in [2.24, 2.45) is 0 Å². The Morgan fingerprint density at radius 2 is 0.957 bits per heavy atom. The number of unbranched alkanes of at least 4 members (excludes halogenated alkanes) is 22. The van der Waals surface area contributed by atoms with Gasteiger partial charge >= 0.3 is 11.9 Å². The van der Waals surface area contributed by atoms with Crippen molar-refractivity contribution in [1.29, 1.82) is 0 Å². The summed E-state index contributed by atoms with van der Waals surface area (Å²) in [6.45, 7) is 3.83. The number of hydrogen-bond donors (Lipinski definition) is 0. The summed E-state index contributed by atoms with van der Waals surface area (Å²) in [5.74, 6) is -0.215. The number of carbonyl (C=O) groups is 2. The highest BCUT2D eigenvalue weighted by molar-refractivity contribution is 7.95. The van der Waals surface area contributed by atoms with Gasteiger partial charge in [0.25, 0.3) is 7.82 Å². The zero-order valence-corrected chi connectivity index (χ0v) is 32.6. The monoisotopic (exact) mass is 708 g/mol. The van der Waals surface area contributed by atoms with Crippen LogP contribution in [0.1, 0.15) is 181 Å². The summed E-state index contributed by atoms with van der Waals surface area (Å²) in [5.41, 5.74) is 0. The second-order valence-corrected chi connectivity index (χ2v) is 17.1. The minimum atomic E-state index is -4.56. The van der Waals surface area contributed by atoms with Gasteiger partial charge in [-0.05, 0) is 23.7 Å². The summed E-state index contributed by atoms with van der Waals surface area (Å²) >= 11 is 0. The molecular formula is C37H73O8PS. The van der Waals surface area contributed by atoms with E-state index in [0.29, 0.717) is 12.2 Å². The van der Waals surface area contributed by atoms with E-state index in [4.69, 9.17) is 18.5 Å². The number of carbonyl (C=O) groups excluding carboxylic acids is 2. The van der Waals surface area contributed by atoms with E-state index in [1.54, 1.807) is 0 Å². The van der Waals surface area contributed by atoms with Crippen molar-refractivity contribution in [2.45, 2.75) is 187 Å². The third-order valence-corrected chi connectivity index (χ3v) is 10.3. The number of hydrogen-bond acceptors (Lipinski definition) is 8. The van der Waals surface area contributed by atoms with E-state index in [1.165, 1.54) is 116 Å². The molecule has 0 spiro atoms. The van der Waals surface area contributed by atoms with E-state index in [1.807, 2.05) is 12.5 Å². The first-order valence-corrected chi connectivity index (χ1v) is 22.9. The standard InChI is InChI=1S/C37H73O8PS/c1-5-7-9-11-13-15-17-18-20-22-24-26-28-30-37(39)45-35(34-44-46(40,41)43-31-32-47(3)4)33-42-36(38)29-27-25-23-21-19-16-14-12-10-8-6-2/h35H,5-34H2,1-4H3/t35-/m1/s1. The van der Waals surface area contributed by atoms with Crippen molar-refractivity contribution >= 4 is 30.7 Å². The molecule has 47 heavy (non-hydrogen) atoms. The van der Waals surface area contributed by atoms with Crippen LogP contribution in [0.15, 0.2) is 0 Å². The quantitative estimate of drug-likeness (QED) is 0.0274. The highest BCUT2D eigenvalue weighted by atomic mass is 32.2. The van der Waals surface area contributed by atoms with E-state index in [2.05, 4.69) is 13.8 Å². The van der Waals surface area contributed by atoms with E-state index < -0.39 is 26.5 Å². The van der Waals surface area contributed by atoms with Crippen LogP contribution < -0.4 is 4.89 Å². The highest BCUT2D eigenvalue weighted by Crippen LogP contribution is 2.38. The fourth-order valence-electron chi connectivity index (χ4n) is 5.37. The predicted molar refractivity (Wildman–Crippen MR) is 196 cm³/mol. The first kappa shape index (κ1) is 46.4. The van der Waals surface area contributed by atoms with Crippen LogP contribution in [0.3, 0.4) is 0 Å². The lowest BCUT2D eigenvalue weighted by Crippen LogP contribution is -2.30. The number of ether oxygens (including phenoxy) is 2. The second-order valence-electron chi connectivity index (χ2n) is 13.3. The molecule has 0 aliphatic rings. The summed E-state index contributed by atoms with van der Waals surface area (Å²) in [6.07, 6.45) is 32.4. The normalized spacial score (nSPS) is 13.5. The van der Waals surface area contributed by atoms with E-state index in [0.717, 1.165) is 32.1 Å². The molecule has 0 saturated heterocycles. The van der Waals surface area contributed by atoms with Crippen molar-refractivity contribution < 1.29 is 37.6 Å². The van der Waals surface area contributed by atoms with Crippen molar-refractivity contribution in [3.05, 3.63) is 0 Å². The highest BCUT2D eigenvalue weighted by Gasteiger charge is 2.21. The minimum Gasteiger partial charge on any atom is -0.756 e. The Bertz CT molecular complexity index is 767. The molecule has 0 rings (SSSR count). The Balaban J connectivity index is 4.33.